The van der Waals surface area contributed by atoms with Crippen LogP contribution in [0, 0.1) is 34.9 Å². The number of nitrogens with zero attached hydrogens (tertiary/aromatic N) is 4. The normalized spacial score (nSPS) is 23.8. The second-order valence-electron chi connectivity index (χ2n) is 14.0. The molecule has 12 heteroatoms. The van der Waals surface area contributed by atoms with Crippen molar-refractivity contribution in [3.8, 4) is 6.07 Å². The Balaban J connectivity index is 1.04. The van der Waals surface area contributed by atoms with Crippen LogP contribution in [0.5, 0.6) is 0 Å². The number of amides is 2. The molecule has 3 heterocycles. The van der Waals surface area contributed by atoms with Gasteiger partial charge < -0.3 is 24.8 Å². The Morgan fingerprint density at radius 2 is 1.78 bits per heavy atom. The van der Waals surface area contributed by atoms with E-state index in [-0.39, 0.29) is 47.6 Å². The van der Waals surface area contributed by atoms with Gasteiger partial charge in [-0.05, 0) is 99.7 Å². The quantitative estimate of drug-likeness (QED) is 0.361. The highest BCUT2D eigenvalue weighted by Gasteiger charge is 2.53. The minimum Gasteiger partial charge on any atom is -0.453 e. The van der Waals surface area contributed by atoms with E-state index in [1.165, 1.54) is 25.3 Å². The lowest BCUT2D eigenvalue weighted by molar-refractivity contribution is -0.129. The number of hydrogen-bond donors (Lipinski definition) is 1. The molecule has 262 valence electrons. The number of nitrogens with one attached hydrogen (secondary N) is 1. The SMILES string of the molecule is C/C=C/C(=O)N1CC(S(=O)(=O)c2ccc(N3CC(CN4CCC(C(C#N)(c5cccc(F)c5)[C@H]5CCC[C@@H]5NC(=O)OC)CC4)C3)cc2)C1. The first kappa shape index (κ1) is 34.9. The van der Waals surface area contributed by atoms with Crippen molar-refractivity contribution < 1.29 is 27.1 Å². The van der Waals surface area contributed by atoms with E-state index in [0.29, 0.717) is 11.5 Å². The number of halogens is 1. The average molecular weight is 692 g/mol. The van der Waals surface area contributed by atoms with Gasteiger partial charge in [0.15, 0.2) is 9.84 Å². The molecule has 3 atom stereocenters. The summed E-state index contributed by atoms with van der Waals surface area (Å²) in [6, 6.07) is 16.0. The summed E-state index contributed by atoms with van der Waals surface area (Å²) in [5.41, 5.74) is 0.762. The zero-order chi connectivity index (χ0) is 34.8. The highest BCUT2D eigenvalue weighted by Crippen LogP contribution is 2.50. The summed E-state index contributed by atoms with van der Waals surface area (Å²) < 4.78 is 45.7. The van der Waals surface area contributed by atoms with E-state index in [1.807, 2.05) is 18.2 Å². The summed E-state index contributed by atoms with van der Waals surface area (Å²) in [6.07, 6.45) is 6.63. The molecule has 1 saturated carbocycles. The van der Waals surface area contributed by atoms with E-state index < -0.39 is 26.6 Å². The Morgan fingerprint density at radius 1 is 1.06 bits per heavy atom. The van der Waals surface area contributed by atoms with Crippen molar-refractivity contribution in [1.82, 2.24) is 15.1 Å². The topological polar surface area (TPSA) is 123 Å². The van der Waals surface area contributed by atoms with Gasteiger partial charge in [0.05, 0.1) is 23.5 Å². The van der Waals surface area contributed by atoms with Crippen LogP contribution < -0.4 is 10.2 Å². The first-order valence-electron chi connectivity index (χ1n) is 17.3. The zero-order valence-electron chi connectivity index (χ0n) is 28.3. The zero-order valence-corrected chi connectivity index (χ0v) is 29.1. The van der Waals surface area contributed by atoms with Gasteiger partial charge in [-0.25, -0.2) is 17.6 Å². The van der Waals surface area contributed by atoms with Crippen molar-refractivity contribution in [3.63, 3.8) is 0 Å². The molecule has 1 N–H and O–H groups in total. The molecule has 4 aliphatic rings. The summed E-state index contributed by atoms with van der Waals surface area (Å²) in [5.74, 6) is -0.174. The summed E-state index contributed by atoms with van der Waals surface area (Å²) in [6.45, 7) is 6.57. The maximum Gasteiger partial charge on any atom is 0.407 e. The van der Waals surface area contributed by atoms with E-state index >= 15 is 0 Å². The highest BCUT2D eigenvalue weighted by atomic mass is 32.2. The number of carbonyl (C=O) groups is 2. The van der Waals surface area contributed by atoms with Crippen LogP contribution in [0.2, 0.25) is 0 Å². The minimum atomic E-state index is -3.50. The molecule has 2 aromatic rings. The average Bonchev–Trinajstić information content (AvgIpc) is 3.51. The minimum absolute atomic E-state index is 0.0185. The van der Waals surface area contributed by atoms with Crippen LogP contribution in [-0.2, 0) is 24.8 Å². The Labute approximate surface area is 288 Å². The number of sulfone groups is 1. The van der Waals surface area contributed by atoms with Crippen LogP contribution in [0.4, 0.5) is 14.9 Å². The van der Waals surface area contributed by atoms with E-state index in [0.717, 1.165) is 70.5 Å². The van der Waals surface area contributed by atoms with Crippen LogP contribution in [0.3, 0.4) is 0 Å². The lowest BCUT2D eigenvalue weighted by atomic mass is 9.59. The third-order valence-corrected chi connectivity index (χ3v) is 13.3. The van der Waals surface area contributed by atoms with E-state index in [2.05, 4.69) is 21.2 Å². The third kappa shape index (κ3) is 6.93. The Hall–Kier alpha value is -3.95. The molecule has 6 rings (SSSR count). The van der Waals surface area contributed by atoms with Gasteiger partial charge in [0, 0.05) is 56.3 Å². The standard InChI is InChI=1S/C37H46FN5O5S/c1-3-6-35(44)43-23-32(24-43)49(46,47)31-13-11-30(12-14-31)42-21-26(22-42)20-41-17-15-27(16-18-41)37(25-39,28-7-4-8-29(38)19-28)33-9-5-10-34(33)40-36(45)48-2/h3-4,6-8,11-14,19,26-27,32-34H,5,9-10,15-18,20-24H2,1-2H3,(H,40,45)/b6-3+/t33-,34-,37?/m0/s1. The van der Waals surface area contributed by atoms with Crippen LogP contribution in [0.1, 0.15) is 44.6 Å². The van der Waals surface area contributed by atoms with Gasteiger partial charge in [0.1, 0.15) is 11.1 Å². The van der Waals surface area contributed by atoms with E-state index in [9.17, 15) is 27.7 Å². The van der Waals surface area contributed by atoms with Gasteiger partial charge in [0.25, 0.3) is 0 Å². The number of anilines is 1. The summed E-state index contributed by atoms with van der Waals surface area (Å²) in [4.78, 5) is 30.7. The molecule has 2 aromatic carbocycles. The summed E-state index contributed by atoms with van der Waals surface area (Å²) >= 11 is 0. The molecule has 0 radical (unpaired) electrons. The molecule has 4 fully saturated rings. The maximum absolute atomic E-state index is 14.6. The van der Waals surface area contributed by atoms with Gasteiger partial charge in [-0.15, -0.1) is 0 Å². The van der Waals surface area contributed by atoms with Gasteiger partial charge in [-0.3, -0.25) is 4.79 Å². The second-order valence-corrected chi connectivity index (χ2v) is 16.2. The molecule has 2 amide bonds. The monoisotopic (exact) mass is 691 g/mol. The number of methoxy groups -OCH3 is 1. The number of alkyl carbamates (subject to hydrolysis) is 1. The Morgan fingerprint density at radius 3 is 2.41 bits per heavy atom. The number of piperidine rings is 1. The molecular weight excluding hydrogens is 646 g/mol. The van der Waals surface area contributed by atoms with E-state index in [1.54, 1.807) is 36.1 Å². The van der Waals surface area contributed by atoms with Crippen molar-refractivity contribution in [3.05, 3.63) is 72.1 Å². The lowest BCUT2D eigenvalue weighted by Crippen LogP contribution is -2.56. The number of hydrogen-bond acceptors (Lipinski definition) is 8. The Kier molecular flexibility index (Phi) is 10.3. The predicted octanol–water partition coefficient (Wildman–Crippen LogP) is 4.52. The van der Waals surface area contributed by atoms with Crippen molar-refractivity contribution in [2.75, 3.05) is 57.8 Å². The number of likely N-dealkylation sites (tertiary alicyclic amines) is 2. The maximum atomic E-state index is 14.6. The van der Waals surface area contributed by atoms with E-state index in [4.69, 9.17) is 4.74 Å². The predicted molar refractivity (Wildman–Crippen MR) is 184 cm³/mol. The fourth-order valence-corrected chi connectivity index (χ4v) is 10.2. The molecular formula is C37H46FN5O5S. The number of benzene rings is 2. The van der Waals surface area contributed by atoms with Gasteiger partial charge in [0.2, 0.25) is 5.91 Å². The largest absolute Gasteiger partial charge is 0.453 e. The molecule has 10 nitrogen and oxygen atoms in total. The van der Waals surface area contributed by atoms with Crippen molar-refractivity contribution in [2.45, 2.75) is 60.6 Å². The van der Waals surface area contributed by atoms with Gasteiger partial charge >= 0.3 is 6.09 Å². The number of ether oxygens (including phenoxy) is 1. The first-order valence-corrected chi connectivity index (χ1v) is 18.9. The van der Waals surface area contributed by atoms with Gasteiger partial charge in [-0.1, -0.05) is 24.6 Å². The first-order chi connectivity index (χ1) is 23.6. The molecule has 0 aromatic heterocycles. The van der Waals surface area contributed by atoms with Crippen molar-refractivity contribution in [2.24, 2.45) is 17.8 Å². The van der Waals surface area contributed by atoms with Crippen molar-refractivity contribution in [1.29, 1.82) is 5.26 Å². The second kappa shape index (κ2) is 14.5. The fourth-order valence-electron chi connectivity index (χ4n) is 8.56. The number of rotatable bonds is 10. The highest BCUT2D eigenvalue weighted by molar-refractivity contribution is 7.92. The Bertz CT molecular complexity index is 1690. The van der Waals surface area contributed by atoms with Crippen molar-refractivity contribution >= 4 is 27.5 Å². The molecule has 1 aliphatic carbocycles. The number of allylic oxidation sites excluding steroid dienone is 1. The summed E-state index contributed by atoms with van der Waals surface area (Å²) in [5, 5.41) is 13.3. The molecule has 0 bridgehead atoms. The van der Waals surface area contributed by atoms with Crippen LogP contribution in [0.25, 0.3) is 0 Å². The van der Waals surface area contributed by atoms with Crippen LogP contribution in [0.15, 0.2) is 65.6 Å². The number of carbonyl (C=O) groups excluding carboxylic acids is 2. The van der Waals surface area contributed by atoms with Crippen LogP contribution >= 0.6 is 0 Å². The number of nitriles is 1. The molecule has 3 saturated heterocycles. The molecule has 3 aliphatic heterocycles. The molecule has 49 heavy (non-hydrogen) atoms. The molecule has 0 spiro atoms. The third-order valence-electron chi connectivity index (χ3n) is 11.2. The van der Waals surface area contributed by atoms with Crippen LogP contribution in [-0.4, -0.2) is 94.4 Å². The smallest absolute Gasteiger partial charge is 0.407 e. The summed E-state index contributed by atoms with van der Waals surface area (Å²) in [7, 11) is -2.16. The lowest BCUT2D eigenvalue weighted by Gasteiger charge is -2.48. The van der Waals surface area contributed by atoms with Gasteiger partial charge in [-0.2, -0.15) is 5.26 Å². The molecule has 1 unspecified atom stereocenters. The fraction of sp³-hybridized carbons (Fsp3) is 0.541.